The third-order valence-corrected chi connectivity index (χ3v) is 5.50. The molecule has 0 radical (unpaired) electrons. The van der Waals surface area contributed by atoms with Gasteiger partial charge in [-0.1, -0.05) is 31.3 Å². The molecule has 3 rings (SSSR count). The molecule has 1 aliphatic rings. The van der Waals surface area contributed by atoms with Crippen LogP contribution >= 0.6 is 11.6 Å². The summed E-state index contributed by atoms with van der Waals surface area (Å²) >= 11 is 5.78. The minimum Gasteiger partial charge on any atom is -0.374 e. The molecule has 0 bridgehead atoms. The maximum absolute atomic E-state index is 14.8. The van der Waals surface area contributed by atoms with E-state index in [1.165, 1.54) is 6.92 Å². The molecule has 1 aliphatic carbocycles. The molecule has 0 aliphatic heterocycles. The number of nitrogens with one attached hydrogen (secondary N) is 3. The van der Waals surface area contributed by atoms with Crippen LogP contribution in [0.1, 0.15) is 18.9 Å². The molecule has 2 aromatic carbocycles. The van der Waals surface area contributed by atoms with Gasteiger partial charge in [0.25, 0.3) is 0 Å². The maximum atomic E-state index is 14.8. The zero-order chi connectivity index (χ0) is 24.7. The molecule has 0 amide bonds. The van der Waals surface area contributed by atoms with Crippen LogP contribution in [0.5, 0.6) is 0 Å². The highest BCUT2D eigenvalue weighted by Crippen LogP contribution is 2.51. The van der Waals surface area contributed by atoms with Gasteiger partial charge in [0.1, 0.15) is 22.7 Å². The number of hydrogen-bond acceptors (Lipinski definition) is 4. The van der Waals surface area contributed by atoms with Gasteiger partial charge in [-0.25, -0.2) is 22.0 Å². The summed E-state index contributed by atoms with van der Waals surface area (Å²) in [6, 6.07) is 3.94. The zero-order valence-corrected chi connectivity index (χ0v) is 18.3. The summed E-state index contributed by atoms with van der Waals surface area (Å²) in [5, 5.41) is 15.7. The highest BCUT2D eigenvalue weighted by Gasteiger charge is 2.53. The highest BCUT2D eigenvalue weighted by molar-refractivity contribution is 6.25. The fraction of sp³-hybridized carbons (Fsp3) is 0.217. The second-order valence-corrected chi connectivity index (χ2v) is 8.35. The van der Waals surface area contributed by atoms with Gasteiger partial charge >= 0.3 is 0 Å². The van der Waals surface area contributed by atoms with Gasteiger partial charge in [0.15, 0.2) is 17.5 Å². The molecule has 0 saturated heterocycles. The van der Waals surface area contributed by atoms with Crippen molar-refractivity contribution in [3.05, 3.63) is 84.2 Å². The lowest BCUT2D eigenvalue weighted by atomic mass is 10.1. The van der Waals surface area contributed by atoms with Crippen molar-refractivity contribution in [2.75, 3.05) is 16.0 Å². The minimum absolute atomic E-state index is 0.0563. The molecule has 0 heterocycles. The van der Waals surface area contributed by atoms with Crippen LogP contribution in [-0.2, 0) is 0 Å². The van der Waals surface area contributed by atoms with E-state index >= 15 is 0 Å². The zero-order valence-electron chi connectivity index (χ0n) is 17.5. The van der Waals surface area contributed by atoms with Crippen LogP contribution in [0.25, 0.3) is 5.70 Å². The van der Waals surface area contributed by atoms with Crippen molar-refractivity contribution in [2.24, 2.45) is 5.92 Å². The van der Waals surface area contributed by atoms with Gasteiger partial charge in [0.05, 0.1) is 5.69 Å². The van der Waals surface area contributed by atoms with Gasteiger partial charge in [-0.15, -0.1) is 0 Å². The van der Waals surface area contributed by atoms with E-state index in [-0.39, 0.29) is 34.9 Å². The van der Waals surface area contributed by atoms with Crippen LogP contribution in [0.2, 0.25) is 0 Å². The molecule has 2 aromatic rings. The Morgan fingerprint density at radius 2 is 1.70 bits per heavy atom. The predicted octanol–water partition coefficient (Wildman–Crippen LogP) is 6.48. The molecular weight excluding hydrogens is 465 g/mol. The number of halogens is 6. The van der Waals surface area contributed by atoms with Gasteiger partial charge < -0.3 is 21.1 Å². The van der Waals surface area contributed by atoms with E-state index in [4.69, 9.17) is 11.6 Å². The van der Waals surface area contributed by atoms with E-state index in [9.17, 15) is 27.1 Å². The summed E-state index contributed by atoms with van der Waals surface area (Å²) in [5.74, 6) is -5.24. The van der Waals surface area contributed by atoms with Gasteiger partial charge in [0.2, 0.25) is 0 Å². The average molecular weight is 486 g/mol. The molecular formula is C23H21ClF5N3O. The Morgan fingerprint density at radius 3 is 2.27 bits per heavy atom. The van der Waals surface area contributed by atoms with Crippen molar-refractivity contribution in [3.63, 3.8) is 0 Å². The van der Waals surface area contributed by atoms with Crippen LogP contribution in [0.15, 0.2) is 55.4 Å². The fourth-order valence-electron chi connectivity index (χ4n) is 3.03. The highest BCUT2D eigenvalue weighted by atomic mass is 35.5. The maximum Gasteiger partial charge on any atom is 0.173 e. The molecule has 33 heavy (non-hydrogen) atoms. The SMILES string of the molecule is C=C(Nc1c(F)ccc(NC(=C)C(C)F)c1F)c1cc(NC(=C)C2CC2(O)Cl)cc(F)c1F. The summed E-state index contributed by atoms with van der Waals surface area (Å²) in [7, 11) is 0. The van der Waals surface area contributed by atoms with Crippen molar-refractivity contribution in [1.82, 2.24) is 0 Å². The Morgan fingerprint density at radius 1 is 1.06 bits per heavy atom. The van der Waals surface area contributed by atoms with Crippen LogP contribution < -0.4 is 16.0 Å². The van der Waals surface area contributed by atoms with Gasteiger partial charge in [-0.3, -0.25) is 0 Å². The monoisotopic (exact) mass is 485 g/mol. The first-order chi connectivity index (χ1) is 15.3. The summed E-state index contributed by atoms with van der Waals surface area (Å²) in [5.41, 5.74) is -1.58. The third-order valence-electron chi connectivity index (χ3n) is 5.09. The largest absolute Gasteiger partial charge is 0.374 e. The van der Waals surface area contributed by atoms with E-state index in [1.54, 1.807) is 0 Å². The molecule has 4 nitrogen and oxygen atoms in total. The Hall–Kier alpha value is -3.04. The quantitative estimate of drug-likeness (QED) is 0.242. The fourth-order valence-corrected chi connectivity index (χ4v) is 3.31. The first kappa shape index (κ1) is 24.6. The minimum atomic E-state index is -1.51. The second kappa shape index (κ2) is 9.07. The number of benzene rings is 2. The van der Waals surface area contributed by atoms with E-state index < -0.39 is 51.7 Å². The summed E-state index contributed by atoms with van der Waals surface area (Å²) in [6.07, 6.45) is -1.27. The lowest BCUT2D eigenvalue weighted by Gasteiger charge is -2.18. The molecule has 1 saturated carbocycles. The van der Waals surface area contributed by atoms with Gasteiger partial charge in [-0.05, 0) is 25.1 Å². The van der Waals surface area contributed by atoms with E-state index in [1.807, 2.05) is 0 Å². The number of aliphatic hydroxyl groups is 1. The first-order valence-corrected chi connectivity index (χ1v) is 10.1. The number of alkyl halides is 2. The molecule has 10 heteroatoms. The summed E-state index contributed by atoms with van der Waals surface area (Å²) < 4.78 is 71.1. The predicted molar refractivity (Wildman–Crippen MR) is 120 cm³/mol. The van der Waals surface area contributed by atoms with Crippen molar-refractivity contribution >= 4 is 34.4 Å². The molecule has 176 valence electrons. The van der Waals surface area contributed by atoms with Crippen molar-refractivity contribution in [3.8, 4) is 0 Å². The third kappa shape index (κ3) is 5.31. The second-order valence-electron chi connectivity index (χ2n) is 7.70. The lowest BCUT2D eigenvalue weighted by Crippen LogP contribution is -2.12. The van der Waals surface area contributed by atoms with Gasteiger partial charge in [0, 0.05) is 46.7 Å². The average Bonchev–Trinajstić information content (AvgIpc) is 3.37. The molecule has 0 aromatic heterocycles. The molecule has 4 N–H and O–H groups in total. The van der Waals surface area contributed by atoms with Crippen LogP contribution in [0, 0.1) is 29.2 Å². The van der Waals surface area contributed by atoms with Gasteiger partial charge in [-0.2, -0.15) is 0 Å². The van der Waals surface area contributed by atoms with Crippen molar-refractivity contribution < 1.29 is 27.1 Å². The standard InChI is InChI=1S/C23H21ClF5N3O/c1-10(25)11(2)31-19-6-5-17(26)22(21(19)29)32-12(3)15-7-14(8-18(27)20(15)28)30-13(4)16-9-23(16,24)33/h5-8,10,16,30-33H,2-4,9H2,1H3. The summed E-state index contributed by atoms with van der Waals surface area (Å²) in [4.78, 5) is 0. The number of rotatable bonds is 9. The van der Waals surface area contributed by atoms with Crippen LogP contribution in [-0.4, -0.2) is 16.3 Å². The van der Waals surface area contributed by atoms with E-state index in [2.05, 4.69) is 35.7 Å². The summed E-state index contributed by atoms with van der Waals surface area (Å²) in [6.45, 7) is 11.9. The lowest BCUT2D eigenvalue weighted by molar-refractivity contribution is 0.224. The topological polar surface area (TPSA) is 56.3 Å². The smallest absolute Gasteiger partial charge is 0.173 e. The first-order valence-electron chi connectivity index (χ1n) is 9.72. The van der Waals surface area contributed by atoms with Crippen molar-refractivity contribution in [2.45, 2.75) is 24.6 Å². The normalized spacial score (nSPS) is 20.1. The number of hydrogen-bond donors (Lipinski definition) is 4. The molecule has 0 spiro atoms. The Kier molecular flexibility index (Phi) is 6.76. The van der Waals surface area contributed by atoms with Crippen LogP contribution in [0.4, 0.5) is 39.0 Å². The Balaban J connectivity index is 1.86. The van der Waals surface area contributed by atoms with Crippen LogP contribution in [0.3, 0.4) is 0 Å². The molecule has 3 atom stereocenters. The molecule has 1 fully saturated rings. The Labute approximate surface area is 192 Å². The molecule has 3 unspecified atom stereocenters. The van der Waals surface area contributed by atoms with Crippen molar-refractivity contribution in [1.29, 1.82) is 0 Å². The number of allylic oxidation sites excluding steroid dienone is 1. The Bertz CT molecular complexity index is 1150. The van der Waals surface area contributed by atoms with E-state index in [0.29, 0.717) is 0 Å². The van der Waals surface area contributed by atoms with E-state index in [0.717, 1.165) is 24.3 Å². The number of anilines is 3.